The Balaban J connectivity index is 1.68. The van der Waals surface area contributed by atoms with Gasteiger partial charge in [-0.25, -0.2) is 9.97 Å². The Morgan fingerprint density at radius 3 is 2.88 bits per heavy atom. The molecule has 0 spiro atoms. The first-order valence-corrected chi connectivity index (χ1v) is 8.67. The minimum Gasteiger partial charge on any atom is -0.383 e. The van der Waals surface area contributed by atoms with E-state index in [2.05, 4.69) is 26.7 Å². The summed E-state index contributed by atoms with van der Waals surface area (Å²) in [5, 5.41) is 0.928. The molecule has 0 saturated carbocycles. The summed E-state index contributed by atoms with van der Waals surface area (Å²) in [6.07, 6.45) is 1.14. The molecule has 1 aliphatic heterocycles. The molecule has 2 aromatic rings. The molecule has 0 aliphatic carbocycles. The molecule has 2 heterocycles. The number of ether oxygens (including phenoxy) is 1. The second kappa shape index (κ2) is 7.88. The van der Waals surface area contributed by atoms with Crippen LogP contribution in [0.3, 0.4) is 0 Å². The molecule has 0 bridgehead atoms. The van der Waals surface area contributed by atoms with E-state index in [-0.39, 0.29) is 0 Å². The third kappa shape index (κ3) is 3.83. The number of anilines is 1. The van der Waals surface area contributed by atoms with Gasteiger partial charge in [0.05, 0.1) is 18.7 Å². The Bertz CT molecular complexity index is 678. The monoisotopic (exact) mass is 329 g/mol. The maximum absolute atomic E-state index is 6.10. The maximum Gasteiger partial charge on any atom is 0.145 e. The van der Waals surface area contributed by atoms with Crippen molar-refractivity contribution in [2.75, 3.05) is 45.6 Å². The average molecular weight is 329 g/mol. The van der Waals surface area contributed by atoms with Crippen LogP contribution < -0.4 is 5.73 Å². The molecule has 2 N–H and O–H groups in total. The molecular formula is C18H27N5O. The third-order valence-electron chi connectivity index (χ3n) is 4.79. The fourth-order valence-corrected chi connectivity index (χ4v) is 3.41. The van der Waals surface area contributed by atoms with E-state index in [9.17, 15) is 0 Å². The van der Waals surface area contributed by atoms with Crippen molar-refractivity contribution in [3.8, 4) is 0 Å². The molecule has 24 heavy (non-hydrogen) atoms. The van der Waals surface area contributed by atoms with Gasteiger partial charge in [0.1, 0.15) is 11.6 Å². The summed E-state index contributed by atoms with van der Waals surface area (Å²) in [4.78, 5) is 14.1. The normalized spacial score (nSPS) is 19.8. The SMILES string of the molecule is CC[C@@H]1CN(Cc2nc(N)c3ccccc3n2)CCN1CCOC. The predicted octanol–water partition coefficient (Wildman–Crippen LogP) is 1.75. The van der Waals surface area contributed by atoms with Crippen LogP contribution >= 0.6 is 0 Å². The smallest absolute Gasteiger partial charge is 0.145 e. The summed E-state index contributed by atoms with van der Waals surface area (Å²) in [6.45, 7) is 7.92. The lowest BCUT2D eigenvalue weighted by molar-refractivity contribution is 0.0455. The number of piperazine rings is 1. The van der Waals surface area contributed by atoms with Crippen molar-refractivity contribution in [1.29, 1.82) is 0 Å². The van der Waals surface area contributed by atoms with E-state index in [0.717, 1.165) is 62.5 Å². The number of rotatable bonds is 6. The molecule has 130 valence electrons. The van der Waals surface area contributed by atoms with Gasteiger partial charge in [-0.15, -0.1) is 0 Å². The van der Waals surface area contributed by atoms with Crippen LogP contribution in [0, 0.1) is 0 Å². The van der Waals surface area contributed by atoms with Gasteiger partial charge in [0, 0.05) is 44.7 Å². The topological polar surface area (TPSA) is 67.5 Å². The molecule has 0 unspecified atom stereocenters. The van der Waals surface area contributed by atoms with Crippen LogP contribution in [0.25, 0.3) is 10.9 Å². The van der Waals surface area contributed by atoms with E-state index in [4.69, 9.17) is 10.5 Å². The fourth-order valence-electron chi connectivity index (χ4n) is 3.41. The summed E-state index contributed by atoms with van der Waals surface area (Å²) < 4.78 is 5.22. The molecule has 1 aliphatic rings. The molecule has 1 saturated heterocycles. The Morgan fingerprint density at radius 2 is 2.08 bits per heavy atom. The van der Waals surface area contributed by atoms with Gasteiger partial charge in [-0.1, -0.05) is 19.1 Å². The number of methoxy groups -OCH3 is 1. The van der Waals surface area contributed by atoms with Crippen LogP contribution in [0.1, 0.15) is 19.2 Å². The number of nitrogen functional groups attached to an aromatic ring is 1. The summed E-state index contributed by atoms with van der Waals surface area (Å²) >= 11 is 0. The first-order valence-electron chi connectivity index (χ1n) is 8.67. The van der Waals surface area contributed by atoms with E-state index in [0.29, 0.717) is 11.9 Å². The van der Waals surface area contributed by atoms with Gasteiger partial charge >= 0.3 is 0 Å². The van der Waals surface area contributed by atoms with Crippen LogP contribution in [0.4, 0.5) is 5.82 Å². The summed E-state index contributed by atoms with van der Waals surface area (Å²) in [5.41, 5.74) is 7.02. The largest absolute Gasteiger partial charge is 0.383 e. The van der Waals surface area contributed by atoms with Gasteiger partial charge < -0.3 is 10.5 Å². The molecule has 3 rings (SSSR count). The van der Waals surface area contributed by atoms with Crippen LogP contribution in [-0.4, -0.2) is 65.7 Å². The predicted molar refractivity (Wildman–Crippen MR) is 96.8 cm³/mol. The van der Waals surface area contributed by atoms with Crippen molar-refractivity contribution in [2.24, 2.45) is 0 Å². The van der Waals surface area contributed by atoms with E-state index in [1.165, 1.54) is 0 Å². The average Bonchev–Trinajstić information content (AvgIpc) is 2.60. The Labute approximate surface area is 143 Å². The highest BCUT2D eigenvalue weighted by molar-refractivity contribution is 5.87. The number of aromatic nitrogens is 2. The number of para-hydroxylation sites is 1. The number of benzene rings is 1. The fraction of sp³-hybridized carbons (Fsp3) is 0.556. The highest BCUT2D eigenvalue weighted by atomic mass is 16.5. The number of hydrogen-bond donors (Lipinski definition) is 1. The lowest BCUT2D eigenvalue weighted by Crippen LogP contribution is -2.53. The van der Waals surface area contributed by atoms with E-state index < -0.39 is 0 Å². The zero-order valence-corrected chi connectivity index (χ0v) is 14.6. The zero-order chi connectivity index (χ0) is 16.9. The molecule has 1 atom stereocenters. The lowest BCUT2D eigenvalue weighted by Gasteiger charge is -2.40. The van der Waals surface area contributed by atoms with Crippen molar-refractivity contribution in [3.63, 3.8) is 0 Å². The van der Waals surface area contributed by atoms with Crippen molar-refractivity contribution >= 4 is 16.7 Å². The minimum atomic E-state index is 0.562. The van der Waals surface area contributed by atoms with Crippen molar-refractivity contribution in [1.82, 2.24) is 19.8 Å². The van der Waals surface area contributed by atoms with Crippen LogP contribution in [-0.2, 0) is 11.3 Å². The maximum atomic E-state index is 6.10. The highest BCUT2D eigenvalue weighted by Gasteiger charge is 2.25. The molecule has 0 radical (unpaired) electrons. The Morgan fingerprint density at radius 1 is 1.25 bits per heavy atom. The van der Waals surface area contributed by atoms with Crippen molar-refractivity contribution in [2.45, 2.75) is 25.9 Å². The molecule has 1 aromatic carbocycles. The number of nitrogens with two attached hydrogens (primary N) is 1. The van der Waals surface area contributed by atoms with Crippen molar-refractivity contribution in [3.05, 3.63) is 30.1 Å². The standard InChI is InChI=1S/C18H27N5O/c1-3-14-12-22(8-9-23(14)10-11-24-2)13-17-20-16-7-5-4-6-15(16)18(19)21-17/h4-7,14H,3,8-13H2,1-2H3,(H2,19,20,21)/t14-/m1/s1. The molecule has 6 nitrogen and oxygen atoms in total. The van der Waals surface area contributed by atoms with Gasteiger partial charge in [-0.05, 0) is 18.6 Å². The van der Waals surface area contributed by atoms with Crippen molar-refractivity contribution < 1.29 is 4.74 Å². The Kier molecular flexibility index (Phi) is 5.60. The third-order valence-corrected chi connectivity index (χ3v) is 4.79. The van der Waals surface area contributed by atoms with Gasteiger partial charge in [-0.2, -0.15) is 0 Å². The first-order chi connectivity index (χ1) is 11.7. The van der Waals surface area contributed by atoms with Crippen LogP contribution in [0.15, 0.2) is 24.3 Å². The Hall–Kier alpha value is -1.76. The molecule has 6 heteroatoms. The summed E-state index contributed by atoms with van der Waals surface area (Å²) in [5.74, 6) is 1.38. The number of fused-ring (bicyclic) bond motifs is 1. The van der Waals surface area contributed by atoms with Crippen LogP contribution in [0.2, 0.25) is 0 Å². The number of hydrogen-bond acceptors (Lipinski definition) is 6. The van der Waals surface area contributed by atoms with Gasteiger partial charge in [0.2, 0.25) is 0 Å². The molecular weight excluding hydrogens is 302 g/mol. The first kappa shape index (κ1) is 17.1. The van der Waals surface area contributed by atoms with Gasteiger partial charge in [0.15, 0.2) is 0 Å². The number of nitrogens with zero attached hydrogens (tertiary/aromatic N) is 4. The highest BCUT2D eigenvalue weighted by Crippen LogP contribution is 2.19. The summed E-state index contributed by atoms with van der Waals surface area (Å²) in [7, 11) is 1.76. The van der Waals surface area contributed by atoms with Crippen LogP contribution in [0.5, 0.6) is 0 Å². The van der Waals surface area contributed by atoms with E-state index in [1.54, 1.807) is 7.11 Å². The second-order valence-corrected chi connectivity index (χ2v) is 6.37. The van der Waals surface area contributed by atoms with E-state index >= 15 is 0 Å². The zero-order valence-electron chi connectivity index (χ0n) is 14.6. The summed E-state index contributed by atoms with van der Waals surface area (Å²) in [6, 6.07) is 8.48. The van der Waals surface area contributed by atoms with E-state index in [1.807, 2.05) is 24.3 Å². The van der Waals surface area contributed by atoms with Gasteiger partial charge in [0.25, 0.3) is 0 Å². The van der Waals surface area contributed by atoms with Gasteiger partial charge in [-0.3, -0.25) is 9.80 Å². The molecule has 0 amide bonds. The quantitative estimate of drug-likeness (QED) is 0.871. The lowest BCUT2D eigenvalue weighted by atomic mass is 10.1. The molecule has 1 fully saturated rings. The minimum absolute atomic E-state index is 0.562. The molecule has 1 aromatic heterocycles. The second-order valence-electron chi connectivity index (χ2n) is 6.37.